The molecule has 0 unspecified atom stereocenters. The van der Waals surface area contributed by atoms with E-state index in [0.29, 0.717) is 24.5 Å². The van der Waals surface area contributed by atoms with Gasteiger partial charge in [0.05, 0.1) is 11.4 Å². The molecule has 0 aliphatic rings. The van der Waals surface area contributed by atoms with Crippen LogP contribution in [0.25, 0.3) is 10.4 Å². The minimum Gasteiger partial charge on any atom is -0.397 e. The average Bonchev–Trinajstić information content (AvgIpc) is 2.18. The molecule has 0 atom stereocenters. The highest BCUT2D eigenvalue weighted by Gasteiger charge is 1.98. The predicted molar refractivity (Wildman–Crippen MR) is 53.3 cm³/mol. The van der Waals surface area contributed by atoms with Crippen LogP contribution in [0.15, 0.2) is 23.3 Å². The third-order valence-corrected chi connectivity index (χ3v) is 1.61. The Labute approximate surface area is 80.4 Å². The van der Waals surface area contributed by atoms with Crippen LogP contribution in [-0.4, -0.2) is 13.1 Å². The maximum absolute atomic E-state index is 12.7. The summed E-state index contributed by atoms with van der Waals surface area (Å²) in [5.41, 5.74) is 14.6. The summed E-state index contributed by atoms with van der Waals surface area (Å²) in [5.74, 6) is -0.356. The number of rotatable bonds is 4. The van der Waals surface area contributed by atoms with Crippen LogP contribution in [0.2, 0.25) is 0 Å². The summed E-state index contributed by atoms with van der Waals surface area (Å²) in [5, 5.41) is 6.18. The molecule has 14 heavy (non-hydrogen) atoms. The van der Waals surface area contributed by atoms with E-state index in [4.69, 9.17) is 11.3 Å². The molecule has 0 saturated heterocycles. The minimum atomic E-state index is -0.356. The van der Waals surface area contributed by atoms with Crippen molar-refractivity contribution in [1.82, 2.24) is 0 Å². The van der Waals surface area contributed by atoms with Crippen molar-refractivity contribution in [1.29, 1.82) is 0 Å². The number of hydrogen-bond donors (Lipinski definition) is 2. The zero-order valence-electron chi connectivity index (χ0n) is 7.44. The van der Waals surface area contributed by atoms with Crippen LogP contribution in [0.3, 0.4) is 0 Å². The summed E-state index contributed by atoms with van der Waals surface area (Å²) in [6.45, 7) is 0.726. The quantitative estimate of drug-likeness (QED) is 0.253. The monoisotopic (exact) mass is 195 g/mol. The highest BCUT2D eigenvalue weighted by Crippen LogP contribution is 2.18. The molecule has 1 aromatic rings. The summed E-state index contributed by atoms with van der Waals surface area (Å²) in [7, 11) is 0. The van der Waals surface area contributed by atoms with Crippen LogP contribution in [0.5, 0.6) is 0 Å². The Morgan fingerprint density at radius 2 is 2.36 bits per heavy atom. The van der Waals surface area contributed by atoms with Gasteiger partial charge >= 0.3 is 0 Å². The van der Waals surface area contributed by atoms with E-state index in [9.17, 15) is 4.39 Å². The van der Waals surface area contributed by atoms with Gasteiger partial charge < -0.3 is 11.1 Å². The number of nitrogen functional groups attached to an aromatic ring is 1. The van der Waals surface area contributed by atoms with E-state index in [1.54, 1.807) is 0 Å². The fraction of sp³-hybridized carbons (Fsp3) is 0.250. The normalized spacial score (nSPS) is 9.21. The molecular weight excluding hydrogens is 185 g/mol. The fourth-order valence-corrected chi connectivity index (χ4v) is 0.967. The Balaban J connectivity index is 2.57. The van der Waals surface area contributed by atoms with Gasteiger partial charge in [-0.3, -0.25) is 0 Å². The lowest BCUT2D eigenvalue weighted by atomic mass is 10.2. The zero-order chi connectivity index (χ0) is 10.4. The van der Waals surface area contributed by atoms with Crippen LogP contribution in [0.4, 0.5) is 15.8 Å². The first-order valence-electron chi connectivity index (χ1n) is 4.04. The van der Waals surface area contributed by atoms with E-state index in [0.717, 1.165) is 0 Å². The molecule has 0 bridgehead atoms. The van der Waals surface area contributed by atoms with Gasteiger partial charge in [0.1, 0.15) is 5.82 Å². The first-order valence-corrected chi connectivity index (χ1v) is 4.04. The Hall–Kier alpha value is -1.94. The number of nitrogens with one attached hydrogen (secondary N) is 1. The summed E-state index contributed by atoms with van der Waals surface area (Å²) < 4.78 is 12.7. The number of azide groups is 1. The van der Waals surface area contributed by atoms with Crippen LogP contribution >= 0.6 is 0 Å². The molecule has 0 heterocycles. The van der Waals surface area contributed by atoms with Gasteiger partial charge in [-0.2, -0.15) is 0 Å². The number of halogens is 1. The molecule has 0 spiro atoms. The van der Waals surface area contributed by atoms with Gasteiger partial charge in [0.25, 0.3) is 0 Å². The smallest absolute Gasteiger partial charge is 0.125 e. The maximum atomic E-state index is 12.7. The van der Waals surface area contributed by atoms with Crippen molar-refractivity contribution in [2.24, 2.45) is 5.11 Å². The molecule has 1 aromatic carbocycles. The topological polar surface area (TPSA) is 86.8 Å². The second kappa shape index (κ2) is 4.94. The highest BCUT2D eigenvalue weighted by molar-refractivity contribution is 5.65. The van der Waals surface area contributed by atoms with E-state index in [-0.39, 0.29) is 5.82 Å². The standard InChI is InChI=1S/C8H10FN5/c9-6-1-2-7(10)8(5-6)12-3-4-13-14-11/h1-2,5,12H,3-4,10H2. The fourth-order valence-electron chi connectivity index (χ4n) is 0.967. The summed E-state index contributed by atoms with van der Waals surface area (Å²) >= 11 is 0. The SMILES string of the molecule is [N-]=[N+]=NCCNc1cc(F)ccc1N. The van der Waals surface area contributed by atoms with Crippen molar-refractivity contribution in [2.45, 2.75) is 0 Å². The van der Waals surface area contributed by atoms with Crippen LogP contribution in [-0.2, 0) is 0 Å². The van der Waals surface area contributed by atoms with Gasteiger partial charge in [0.15, 0.2) is 0 Å². The first kappa shape index (κ1) is 10.1. The lowest BCUT2D eigenvalue weighted by Gasteiger charge is -2.07. The number of nitrogens with zero attached hydrogens (tertiary/aromatic N) is 3. The first-order chi connectivity index (χ1) is 6.74. The summed E-state index contributed by atoms with van der Waals surface area (Å²) in [6, 6.07) is 4.06. The third-order valence-electron chi connectivity index (χ3n) is 1.61. The van der Waals surface area contributed by atoms with Gasteiger partial charge in [-0.15, -0.1) is 0 Å². The Morgan fingerprint density at radius 3 is 3.07 bits per heavy atom. The molecule has 0 aliphatic heterocycles. The van der Waals surface area contributed by atoms with Crippen LogP contribution in [0, 0.1) is 5.82 Å². The molecule has 0 saturated carbocycles. The largest absolute Gasteiger partial charge is 0.397 e. The van der Waals surface area contributed by atoms with E-state index >= 15 is 0 Å². The molecule has 6 heteroatoms. The third kappa shape index (κ3) is 2.84. The minimum absolute atomic E-state index is 0.298. The van der Waals surface area contributed by atoms with Crippen molar-refractivity contribution in [3.05, 3.63) is 34.5 Å². The average molecular weight is 195 g/mol. The molecule has 5 nitrogen and oxygen atoms in total. The number of benzene rings is 1. The molecule has 0 aliphatic carbocycles. The van der Waals surface area contributed by atoms with Gasteiger partial charge in [0.2, 0.25) is 0 Å². The summed E-state index contributed by atoms with van der Waals surface area (Å²) in [6.07, 6.45) is 0. The molecule has 0 aromatic heterocycles. The van der Waals surface area contributed by atoms with Crippen molar-refractivity contribution >= 4 is 11.4 Å². The van der Waals surface area contributed by atoms with Crippen molar-refractivity contribution in [2.75, 3.05) is 24.1 Å². The Morgan fingerprint density at radius 1 is 1.57 bits per heavy atom. The molecule has 0 amide bonds. The molecule has 74 valence electrons. The molecular formula is C8H10FN5. The van der Waals surface area contributed by atoms with Gasteiger partial charge in [-0.05, 0) is 23.7 Å². The van der Waals surface area contributed by atoms with Crippen molar-refractivity contribution in [3.63, 3.8) is 0 Å². The van der Waals surface area contributed by atoms with E-state index in [2.05, 4.69) is 15.3 Å². The van der Waals surface area contributed by atoms with E-state index < -0.39 is 0 Å². The van der Waals surface area contributed by atoms with Crippen LogP contribution in [0.1, 0.15) is 0 Å². The molecule has 0 fully saturated rings. The lowest BCUT2D eigenvalue weighted by molar-refractivity contribution is 0.628. The molecule has 1 rings (SSSR count). The van der Waals surface area contributed by atoms with Crippen molar-refractivity contribution in [3.8, 4) is 0 Å². The predicted octanol–water partition coefficient (Wildman–Crippen LogP) is 2.13. The second-order valence-corrected chi connectivity index (χ2v) is 2.61. The summed E-state index contributed by atoms with van der Waals surface area (Å²) in [4.78, 5) is 2.59. The van der Waals surface area contributed by atoms with Gasteiger partial charge in [-0.25, -0.2) is 4.39 Å². The lowest BCUT2D eigenvalue weighted by Crippen LogP contribution is -2.06. The number of anilines is 2. The van der Waals surface area contributed by atoms with Gasteiger partial charge in [-0.1, -0.05) is 5.11 Å². The van der Waals surface area contributed by atoms with E-state index in [1.807, 2.05) is 0 Å². The molecule has 3 N–H and O–H groups in total. The highest BCUT2D eigenvalue weighted by atomic mass is 19.1. The maximum Gasteiger partial charge on any atom is 0.125 e. The number of hydrogen-bond acceptors (Lipinski definition) is 3. The molecule has 0 radical (unpaired) electrons. The zero-order valence-corrected chi connectivity index (χ0v) is 7.44. The van der Waals surface area contributed by atoms with Crippen molar-refractivity contribution < 1.29 is 4.39 Å². The van der Waals surface area contributed by atoms with Crippen LogP contribution < -0.4 is 11.1 Å². The Kier molecular flexibility index (Phi) is 3.58. The Bertz CT molecular complexity index is 359. The number of nitrogens with two attached hydrogens (primary N) is 1. The second-order valence-electron chi connectivity index (χ2n) is 2.61. The van der Waals surface area contributed by atoms with Gasteiger partial charge in [0, 0.05) is 18.0 Å². The van der Waals surface area contributed by atoms with E-state index in [1.165, 1.54) is 18.2 Å².